The fraction of sp³-hybridized carbons (Fsp3) is 0.588. The summed E-state index contributed by atoms with van der Waals surface area (Å²) in [6, 6.07) is 7.75. The third kappa shape index (κ3) is 5.62. The highest BCUT2D eigenvalue weighted by molar-refractivity contribution is 7.88. The summed E-state index contributed by atoms with van der Waals surface area (Å²) >= 11 is 0. The second kappa shape index (κ2) is 7.45. The van der Waals surface area contributed by atoms with E-state index < -0.39 is 15.6 Å². The number of amides is 1. The Morgan fingerprint density at radius 3 is 2.26 bits per heavy atom. The Morgan fingerprint density at radius 2 is 1.83 bits per heavy atom. The highest BCUT2D eigenvalue weighted by Crippen LogP contribution is 2.20. The summed E-state index contributed by atoms with van der Waals surface area (Å²) in [7, 11) is -3.36. The fourth-order valence-corrected chi connectivity index (χ4v) is 4.05. The molecule has 0 aliphatic heterocycles. The Labute approximate surface area is 140 Å². The molecule has 0 heterocycles. The molecule has 1 rings (SSSR count). The number of hydrogen-bond donors (Lipinski definition) is 0. The van der Waals surface area contributed by atoms with Crippen LogP contribution < -0.4 is 4.90 Å². The molecule has 0 N–H and O–H groups in total. The molecule has 5 nitrogen and oxygen atoms in total. The number of hydrogen-bond acceptors (Lipinski definition) is 3. The van der Waals surface area contributed by atoms with E-state index in [1.54, 1.807) is 4.90 Å². The largest absolute Gasteiger partial charge is 0.313 e. The van der Waals surface area contributed by atoms with E-state index in [4.69, 9.17) is 0 Å². The third-order valence-corrected chi connectivity index (χ3v) is 5.14. The van der Waals surface area contributed by atoms with Crippen LogP contribution in [-0.2, 0) is 14.8 Å². The van der Waals surface area contributed by atoms with Crippen LogP contribution in [0.15, 0.2) is 24.3 Å². The van der Waals surface area contributed by atoms with Gasteiger partial charge < -0.3 is 4.90 Å². The molecule has 0 saturated heterocycles. The molecule has 0 unspecified atom stereocenters. The molecule has 1 amide bonds. The van der Waals surface area contributed by atoms with Gasteiger partial charge in [0.05, 0.1) is 6.26 Å². The second-order valence-corrected chi connectivity index (χ2v) is 8.64. The molecule has 23 heavy (non-hydrogen) atoms. The molecule has 0 aliphatic rings. The standard InChI is InChI=1S/C17H28N2O3S/c1-7-18(15-10-8-9-14(2)13-15)16(20)11-12-19(17(3,4)5)23(6,21)22/h8-10,13H,7,11-12H2,1-6H3. The number of nitrogens with zero attached hydrogens (tertiary/aromatic N) is 2. The summed E-state index contributed by atoms with van der Waals surface area (Å²) in [4.78, 5) is 14.2. The van der Waals surface area contributed by atoms with E-state index in [0.29, 0.717) is 6.54 Å². The van der Waals surface area contributed by atoms with E-state index in [9.17, 15) is 13.2 Å². The van der Waals surface area contributed by atoms with Gasteiger partial charge in [-0.2, -0.15) is 4.31 Å². The van der Waals surface area contributed by atoms with Crippen molar-refractivity contribution >= 4 is 21.6 Å². The molecule has 130 valence electrons. The maximum Gasteiger partial charge on any atom is 0.228 e. The predicted molar refractivity (Wildman–Crippen MR) is 95.1 cm³/mol. The number of rotatable bonds is 6. The molecule has 0 saturated carbocycles. The van der Waals surface area contributed by atoms with Crippen LogP contribution in [0.5, 0.6) is 0 Å². The molecule has 1 aromatic rings. The summed E-state index contributed by atoms with van der Waals surface area (Å²) in [5.74, 6) is -0.0731. The molecule has 0 aromatic heterocycles. The van der Waals surface area contributed by atoms with Crippen LogP contribution >= 0.6 is 0 Å². The van der Waals surface area contributed by atoms with Gasteiger partial charge in [-0.05, 0) is 52.3 Å². The summed E-state index contributed by atoms with van der Waals surface area (Å²) in [6.45, 7) is 10.1. The Balaban J connectivity index is 2.88. The van der Waals surface area contributed by atoms with Crippen LogP contribution in [0.1, 0.15) is 39.7 Å². The van der Waals surface area contributed by atoms with E-state index in [0.717, 1.165) is 11.3 Å². The zero-order valence-corrected chi connectivity index (χ0v) is 15.8. The highest BCUT2D eigenvalue weighted by atomic mass is 32.2. The highest BCUT2D eigenvalue weighted by Gasteiger charge is 2.30. The summed E-state index contributed by atoms with van der Waals surface area (Å²) in [5.41, 5.74) is 1.38. The zero-order valence-electron chi connectivity index (χ0n) is 15.0. The van der Waals surface area contributed by atoms with E-state index in [1.807, 2.05) is 58.9 Å². The number of carbonyl (C=O) groups excluding carboxylic acids is 1. The average Bonchev–Trinajstić information content (AvgIpc) is 2.36. The van der Waals surface area contributed by atoms with Crippen LogP contribution in [-0.4, -0.2) is 43.5 Å². The van der Waals surface area contributed by atoms with Gasteiger partial charge in [0.1, 0.15) is 0 Å². The second-order valence-electron chi connectivity index (χ2n) is 6.73. The normalized spacial score (nSPS) is 12.5. The minimum Gasteiger partial charge on any atom is -0.313 e. The van der Waals surface area contributed by atoms with E-state index in [1.165, 1.54) is 10.6 Å². The predicted octanol–water partition coefficient (Wildman–Crippen LogP) is 2.80. The molecular weight excluding hydrogens is 312 g/mol. The van der Waals surface area contributed by atoms with Gasteiger partial charge in [0.2, 0.25) is 15.9 Å². The summed E-state index contributed by atoms with van der Waals surface area (Å²) in [5, 5.41) is 0. The van der Waals surface area contributed by atoms with Crippen molar-refractivity contribution in [3.63, 3.8) is 0 Å². The molecule has 1 aromatic carbocycles. The van der Waals surface area contributed by atoms with Crippen molar-refractivity contribution in [3.05, 3.63) is 29.8 Å². The van der Waals surface area contributed by atoms with Gasteiger partial charge in [-0.25, -0.2) is 8.42 Å². The third-order valence-electron chi connectivity index (χ3n) is 3.61. The average molecular weight is 340 g/mol. The quantitative estimate of drug-likeness (QED) is 0.800. The summed E-state index contributed by atoms with van der Waals surface area (Å²) in [6.07, 6.45) is 1.34. The monoisotopic (exact) mass is 340 g/mol. The first-order valence-electron chi connectivity index (χ1n) is 7.81. The van der Waals surface area contributed by atoms with Gasteiger partial charge in [0.15, 0.2) is 0 Å². The first kappa shape index (κ1) is 19.6. The first-order valence-corrected chi connectivity index (χ1v) is 9.66. The molecule has 0 spiro atoms. The molecule has 0 radical (unpaired) electrons. The minimum atomic E-state index is -3.36. The lowest BCUT2D eigenvalue weighted by atomic mass is 10.1. The molecule has 0 atom stereocenters. The van der Waals surface area contributed by atoms with Crippen molar-refractivity contribution in [2.75, 3.05) is 24.2 Å². The van der Waals surface area contributed by atoms with Crippen LogP contribution in [0.25, 0.3) is 0 Å². The van der Waals surface area contributed by atoms with Crippen LogP contribution in [0, 0.1) is 6.92 Å². The van der Waals surface area contributed by atoms with E-state index in [2.05, 4.69) is 0 Å². The van der Waals surface area contributed by atoms with Gasteiger partial charge in [-0.1, -0.05) is 12.1 Å². The van der Waals surface area contributed by atoms with Crippen molar-refractivity contribution in [3.8, 4) is 0 Å². The Morgan fingerprint density at radius 1 is 1.22 bits per heavy atom. The van der Waals surface area contributed by atoms with Gasteiger partial charge >= 0.3 is 0 Å². The number of benzene rings is 1. The zero-order chi connectivity index (χ0) is 17.8. The maximum atomic E-state index is 12.5. The lowest BCUT2D eigenvalue weighted by Crippen LogP contribution is -2.46. The van der Waals surface area contributed by atoms with Gasteiger partial charge in [0.25, 0.3) is 0 Å². The Hall–Kier alpha value is -1.40. The van der Waals surface area contributed by atoms with Crippen LogP contribution in [0.3, 0.4) is 0 Å². The van der Waals surface area contributed by atoms with Crippen molar-refractivity contribution in [2.24, 2.45) is 0 Å². The molecule has 6 heteroatoms. The Kier molecular flexibility index (Phi) is 6.36. The van der Waals surface area contributed by atoms with Crippen molar-refractivity contribution in [1.29, 1.82) is 0 Å². The number of anilines is 1. The molecular formula is C17H28N2O3S. The number of sulfonamides is 1. The topological polar surface area (TPSA) is 57.7 Å². The van der Waals surface area contributed by atoms with Crippen LogP contribution in [0.4, 0.5) is 5.69 Å². The smallest absolute Gasteiger partial charge is 0.228 e. The van der Waals surface area contributed by atoms with Gasteiger partial charge in [-0.15, -0.1) is 0 Å². The minimum absolute atomic E-state index is 0.0731. The fourth-order valence-electron chi connectivity index (χ4n) is 2.63. The lowest BCUT2D eigenvalue weighted by Gasteiger charge is -2.33. The first-order chi connectivity index (χ1) is 10.5. The van der Waals surface area contributed by atoms with E-state index in [-0.39, 0.29) is 18.9 Å². The Bertz CT molecular complexity index is 648. The summed E-state index contributed by atoms with van der Waals surface area (Å²) < 4.78 is 25.3. The van der Waals surface area contributed by atoms with Gasteiger partial charge in [0, 0.05) is 30.7 Å². The molecule has 0 fully saturated rings. The molecule has 0 bridgehead atoms. The maximum absolute atomic E-state index is 12.5. The van der Waals surface area contributed by atoms with Crippen molar-refractivity contribution in [2.45, 2.75) is 46.6 Å². The lowest BCUT2D eigenvalue weighted by molar-refractivity contribution is -0.118. The van der Waals surface area contributed by atoms with Crippen molar-refractivity contribution in [1.82, 2.24) is 4.31 Å². The SMILES string of the molecule is CCN(C(=O)CCN(C(C)(C)C)S(C)(=O)=O)c1cccc(C)c1. The molecule has 0 aliphatic carbocycles. The van der Waals surface area contributed by atoms with Crippen molar-refractivity contribution < 1.29 is 13.2 Å². The number of carbonyl (C=O) groups is 1. The van der Waals surface area contributed by atoms with Gasteiger partial charge in [-0.3, -0.25) is 4.79 Å². The van der Waals surface area contributed by atoms with Crippen LogP contribution in [0.2, 0.25) is 0 Å². The number of aryl methyl sites for hydroxylation is 1. The van der Waals surface area contributed by atoms with E-state index >= 15 is 0 Å².